The van der Waals surface area contributed by atoms with E-state index in [0.717, 1.165) is 31.2 Å². The van der Waals surface area contributed by atoms with E-state index in [1.165, 1.54) is 0 Å². The zero-order valence-electron chi connectivity index (χ0n) is 12.5. The predicted octanol–water partition coefficient (Wildman–Crippen LogP) is 2.59. The van der Waals surface area contributed by atoms with Crippen LogP contribution in [-0.4, -0.2) is 30.9 Å². The van der Waals surface area contributed by atoms with Gasteiger partial charge >= 0.3 is 0 Å². The minimum absolute atomic E-state index is 0.107. The highest BCUT2D eigenvalue weighted by atomic mass is 16.7. The molecule has 114 valence electrons. The summed E-state index contributed by atoms with van der Waals surface area (Å²) in [7, 11) is 0. The van der Waals surface area contributed by atoms with E-state index in [2.05, 4.69) is 5.32 Å². The van der Waals surface area contributed by atoms with Crippen LogP contribution in [0.1, 0.15) is 44.1 Å². The molecule has 1 N–H and O–H groups in total. The zero-order valence-corrected chi connectivity index (χ0v) is 12.5. The first-order chi connectivity index (χ1) is 10.2. The minimum atomic E-state index is -0.355. The summed E-state index contributed by atoms with van der Waals surface area (Å²) >= 11 is 0. The van der Waals surface area contributed by atoms with Crippen molar-refractivity contribution in [1.29, 1.82) is 0 Å². The molecule has 1 aliphatic carbocycles. The molecule has 4 heteroatoms. The van der Waals surface area contributed by atoms with Crippen molar-refractivity contribution in [2.45, 2.75) is 50.4 Å². The van der Waals surface area contributed by atoms with Gasteiger partial charge in [-0.15, -0.1) is 0 Å². The molecule has 0 aromatic heterocycles. The number of benzene rings is 1. The average molecular weight is 289 g/mol. The van der Waals surface area contributed by atoms with E-state index in [-0.39, 0.29) is 23.7 Å². The molecule has 1 spiro atoms. The Labute approximate surface area is 125 Å². The van der Waals surface area contributed by atoms with Crippen LogP contribution in [0.15, 0.2) is 30.3 Å². The van der Waals surface area contributed by atoms with Crippen LogP contribution >= 0.6 is 0 Å². The summed E-state index contributed by atoms with van der Waals surface area (Å²) in [5.74, 6) is -0.358. The quantitative estimate of drug-likeness (QED) is 0.930. The van der Waals surface area contributed by atoms with Crippen LogP contribution in [0.2, 0.25) is 0 Å². The van der Waals surface area contributed by atoms with E-state index < -0.39 is 0 Å². The molecule has 2 fully saturated rings. The third kappa shape index (κ3) is 3.27. The maximum atomic E-state index is 12.4. The van der Waals surface area contributed by atoms with Crippen molar-refractivity contribution in [1.82, 2.24) is 5.32 Å². The highest BCUT2D eigenvalue weighted by Gasteiger charge is 2.40. The average Bonchev–Trinajstić information content (AvgIpc) is 2.98. The molecule has 1 amide bonds. The first-order valence-electron chi connectivity index (χ1n) is 7.82. The van der Waals surface area contributed by atoms with Gasteiger partial charge in [-0.25, -0.2) is 0 Å². The Balaban J connectivity index is 1.52. The number of ether oxygens (including phenoxy) is 2. The molecule has 1 saturated heterocycles. The van der Waals surface area contributed by atoms with E-state index in [9.17, 15) is 4.79 Å². The van der Waals surface area contributed by atoms with Gasteiger partial charge in [0, 0.05) is 18.9 Å². The van der Waals surface area contributed by atoms with Crippen molar-refractivity contribution >= 4 is 5.91 Å². The lowest BCUT2D eigenvalue weighted by Crippen LogP contribution is -2.45. The summed E-state index contributed by atoms with van der Waals surface area (Å²) in [5.41, 5.74) is 1.06. The number of hydrogen-bond acceptors (Lipinski definition) is 3. The summed E-state index contributed by atoms with van der Waals surface area (Å²) in [6.07, 6.45) is 3.59. The van der Waals surface area contributed by atoms with Gasteiger partial charge in [0.25, 0.3) is 0 Å². The second kappa shape index (κ2) is 6.16. The molecule has 3 rings (SSSR count). The summed E-state index contributed by atoms with van der Waals surface area (Å²) in [4.78, 5) is 12.4. The smallest absolute Gasteiger partial charge is 0.227 e. The van der Waals surface area contributed by atoms with Crippen molar-refractivity contribution in [3.8, 4) is 0 Å². The maximum Gasteiger partial charge on any atom is 0.227 e. The van der Waals surface area contributed by atoms with Gasteiger partial charge in [0.05, 0.1) is 19.1 Å². The van der Waals surface area contributed by atoms with Crippen LogP contribution in [0.5, 0.6) is 0 Å². The van der Waals surface area contributed by atoms with Crippen molar-refractivity contribution in [3.63, 3.8) is 0 Å². The molecule has 0 bridgehead atoms. The van der Waals surface area contributed by atoms with Gasteiger partial charge in [0.15, 0.2) is 5.79 Å². The van der Waals surface area contributed by atoms with Crippen LogP contribution in [0.3, 0.4) is 0 Å². The molecule has 1 aromatic rings. The van der Waals surface area contributed by atoms with Gasteiger partial charge in [0.2, 0.25) is 5.91 Å². The fourth-order valence-electron chi connectivity index (χ4n) is 3.21. The van der Waals surface area contributed by atoms with Gasteiger partial charge in [0.1, 0.15) is 0 Å². The standard InChI is InChI=1S/C17H23NO3/c1-13(14-5-3-2-4-6-14)16(19)18-15-7-9-17(10-8-15)20-11-12-21-17/h2-6,13,15H,7-12H2,1H3,(H,18,19). The highest BCUT2D eigenvalue weighted by Crippen LogP contribution is 2.35. The molecule has 1 heterocycles. The number of carbonyl (C=O) groups is 1. The lowest BCUT2D eigenvalue weighted by molar-refractivity contribution is -0.180. The van der Waals surface area contributed by atoms with Crippen LogP contribution in [0.4, 0.5) is 0 Å². The molecule has 21 heavy (non-hydrogen) atoms. The highest BCUT2D eigenvalue weighted by molar-refractivity contribution is 5.83. The van der Waals surface area contributed by atoms with Gasteiger partial charge in [-0.05, 0) is 25.3 Å². The van der Waals surface area contributed by atoms with E-state index in [0.29, 0.717) is 13.2 Å². The lowest BCUT2D eigenvalue weighted by Gasteiger charge is -2.35. The predicted molar refractivity (Wildman–Crippen MR) is 79.9 cm³/mol. The molecule has 0 radical (unpaired) electrons. The van der Waals surface area contributed by atoms with Crippen LogP contribution in [0, 0.1) is 0 Å². The minimum Gasteiger partial charge on any atom is -0.353 e. The van der Waals surface area contributed by atoms with Gasteiger partial charge < -0.3 is 14.8 Å². The van der Waals surface area contributed by atoms with Crippen molar-refractivity contribution in [3.05, 3.63) is 35.9 Å². The summed E-state index contributed by atoms with van der Waals surface area (Å²) in [5, 5.41) is 3.17. The molecular weight excluding hydrogens is 266 g/mol. The number of hydrogen-bond donors (Lipinski definition) is 1. The van der Waals surface area contributed by atoms with E-state index >= 15 is 0 Å². The molecular formula is C17H23NO3. The Kier molecular flexibility index (Phi) is 4.27. The first-order valence-corrected chi connectivity index (χ1v) is 7.82. The number of rotatable bonds is 3. The van der Waals surface area contributed by atoms with E-state index in [1.807, 2.05) is 37.3 Å². The molecule has 2 aliphatic rings. The fourth-order valence-corrected chi connectivity index (χ4v) is 3.21. The topological polar surface area (TPSA) is 47.6 Å². The third-order valence-electron chi connectivity index (χ3n) is 4.60. The Morgan fingerprint density at radius 2 is 1.81 bits per heavy atom. The summed E-state index contributed by atoms with van der Waals surface area (Å²) in [6, 6.07) is 10.1. The van der Waals surface area contributed by atoms with Gasteiger partial charge in [-0.3, -0.25) is 4.79 Å². The van der Waals surface area contributed by atoms with Crippen molar-refractivity contribution in [2.24, 2.45) is 0 Å². The van der Waals surface area contributed by atoms with Crippen LogP contribution in [-0.2, 0) is 14.3 Å². The molecule has 4 nitrogen and oxygen atoms in total. The normalized spacial score (nSPS) is 23.1. The zero-order chi connectivity index (χ0) is 14.7. The molecule has 1 unspecified atom stereocenters. The van der Waals surface area contributed by atoms with Crippen molar-refractivity contribution < 1.29 is 14.3 Å². The van der Waals surface area contributed by atoms with Crippen LogP contribution in [0.25, 0.3) is 0 Å². The largest absolute Gasteiger partial charge is 0.353 e. The monoisotopic (exact) mass is 289 g/mol. The SMILES string of the molecule is CC(C(=O)NC1CCC2(CC1)OCCO2)c1ccccc1. The first kappa shape index (κ1) is 14.5. The Morgan fingerprint density at radius 3 is 2.43 bits per heavy atom. The molecule has 1 aliphatic heterocycles. The van der Waals surface area contributed by atoms with Gasteiger partial charge in [-0.1, -0.05) is 30.3 Å². The number of amides is 1. The third-order valence-corrected chi connectivity index (χ3v) is 4.60. The second-order valence-electron chi connectivity index (χ2n) is 6.02. The second-order valence-corrected chi connectivity index (χ2v) is 6.02. The van der Waals surface area contributed by atoms with Gasteiger partial charge in [-0.2, -0.15) is 0 Å². The Morgan fingerprint density at radius 1 is 1.19 bits per heavy atom. The van der Waals surface area contributed by atoms with Crippen molar-refractivity contribution in [2.75, 3.05) is 13.2 Å². The molecule has 1 saturated carbocycles. The fraction of sp³-hybridized carbons (Fsp3) is 0.588. The Bertz CT molecular complexity index is 472. The summed E-state index contributed by atoms with van der Waals surface area (Å²) in [6.45, 7) is 3.35. The molecule has 1 aromatic carbocycles. The Hall–Kier alpha value is -1.39. The maximum absolute atomic E-state index is 12.4. The number of nitrogens with one attached hydrogen (secondary N) is 1. The van der Waals surface area contributed by atoms with E-state index in [1.54, 1.807) is 0 Å². The lowest BCUT2D eigenvalue weighted by atomic mass is 9.89. The molecule has 1 atom stereocenters. The number of carbonyl (C=O) groups excluding carboxylic acids is 1. The van der Waals surface area contributed by atoms with Crippen LogP contribution < -0.4 is 5.32 Å². The summed E-state index contributed by atoms with van der Waals surface area (Å²) < 4.78 is 11.4. The van der Waals surface area contributed by atoms with E-state index in [4.69, 9.17) is 9.47 Å².